The molecule has 1 N–H and O–H groups in total. The molecule has 4 fully saturated rings. The van der Waals surface area contributed by atoms with Crippen molar-refractivity contribution in [2.45, 2.75) is 108 Å². The SMILES string of the molecule is O=C(O)Cc1cn([C@H]2C[C@H]3CCCC2CN3C2CCCCCCCCC2)c2ccccc12. The Kier molecular flexibility index (Phi) is 6.87. The van der Waals surface area contributed by atoms with E-state index in [1.165, 1.54) is 95.5 Å². The van der Waals surface area contributed by atoms with Gasteiger partial charge in [0.2, 0.25) is 0 Å². The van der Waals surface area contributed by atoms with E-state index in [1.54, 1.807) is 0 Å². The number of rotatable bonds is 4. The summed E-state index contributed by atoms with van der Waals surface area (Å²) in [4.78, 5) is 14.4. The Hall–Kier alpha value is -1.81. The summed E-state index contributed by atoms with van der Waals surface area (Å²) in [6.45, 7) is 1.24. The number of hydrogen-bond acceptors (Lipinski definition) is 2. The topological polar surface area (TPSA) is 45.5 Å². The average molecular weight is 437 g/mol. The fourth-order valence-corrected chi connectivity index (χ4v) is 7.09. The van der Waals surface area contributed by atoms with Gasteiger partial charge in [0.25, 0.3) is 0 Å². The van der Waals surface area contributed by atoms with Gasteiger partial charge in [-0.05, 0) is 49.7 Å². The molecule has 2 aliphatic heterocycles. The van der Waals surface area contributed by atoms with Crippen LogP contribution in [0.1, 0.15) is 95.1 Å². The predicted molar refractivity (Wildman–Crippen MR) is 130 cm³/mol. The van der Waals surface area contributed by atoms with Crippen molar-refractivity contribution in [3.8, 4) is 0 Å². The van der Waals surface area contributed by atoms with E-state index in [4.69, 9.17) is 0 Å². The van der Waals surface area contributed by atoms with Gasteiger partial charge in [0, 0.05) is 41.8 Å². The number of benzene rings is 1. The first kappa shape index (κ1) is 22.0. The third kappa shape index (κ3) is 4.62. The molecular weight excluding hydrogens is 396 g/mol. The molecule has 0 amide bonds. The second kappa shape index (κ2) is 9.99. The molecule has 2 bridgehead atoms. The number of nitrogens with zero attached hydrogens (tertiary/aromatic N) is 2. The van der Waals surface area contributed by atoms with E-state index in [0.29, 0.717) is 18.0 Å². The van der Waals surface area contributed by atoms with Crippen LogP contribution in [-0.4, -0.2) is 39.2 Å². The van der Waals surface area contributed by atoms with Gasteiger partial charge in [-0.25, -0.2) is 0 Å². The molecule has 0 radical (unpaired) electrons. The second-order valence-electron chi connectivity index (χ2n) is 10.7. The average Bonchev–Trinajstić information content (AvgIpc) is 2.93. The Morgan fingerprint density at radius 3 is 2.31 bits per heavy atom. The number of carbonyl (C=O) groups is 1. The smallest absolute Gasteiger partial charge is 0.307 e. The molecule has 32 heavy (non-hydrogen) atoms. The summed E-state index contributed by atoms with van der Waals surface area (Å²) in [5.74, 6) is -0.0601. The highest BCUT2D eigenvalue weighted by Gasteiger charge is 2.41. The number of carboxylic acids is 1. The van der Waals surface area contributed by atoms with Gasteiger partial charge in [-0.15, -0.1) is 0 Å². The van der Waals surface area contributed by atoms with Crippen LogP contribution < -0.4 is 0 Å². The van der Waals surface area contributed by atoms with Crippen LogP contribution in [0.15, 0.2) is 30.5 Å². The van der Waals surface area contributed by atoms with Crippen LogP contribution in [0.2, 0.25) is 0 Å². The molecule has 0 spiro atoms. The Morgan fingerprint density at radius 1 is 0.875 bits per heavy atom. The van der Waals surface area contributed by atoms with Crippen LogP contribution >= 0.6 is 0 Å². The van der Waals surface area contributed by atoms with Gasteiger partial charge in [-0.2, -0.15) is 0 Å². The minimum absolute atomic E-state index is 0.114. The molecule has 1 aromatic carbocycles. The fraction of sp³-hybridized carbons (Fsp3) is 0.679. The zero-order valence-corrected chi connectivity index (χ0v) is 19.6. The molecule has 3 heterocycles. The normalized spacial score (nSPS) is 28.6. The van der Waals surface area contributed by atoms with Crippen LogP contribution in [0.4, 0.5) is 0 Å². The highest BCUT2D eigenvalue weighted by Crippen LogP contribution is 2.44. The number of hydrogen-bond donors (Lipinski definition) is 1. The summed E-state index contributed by atoms with van der Waals surface area (Å²) in [5.41, 5.74) is 2.20. The maximum Gasteiger partial charge on any atom is 0.307 e. The molecule has 2 aliphatic carbocycles. The summed E-state index contributed by atoms with van der Waals surface area (Å²) in [7, 11) is 0. The van der Waals surface area contributed by atoms with Gasteiger partial charge in [-0.3, -0.25) is 9.69 Å². The molecule has 2 saturated heterocycles. The van der Waals surface area contributed by atoms with E-state index < -0.39 is 5.97 Å². The second-order valence-corrected chi connectivity index (χ2v) is 10.7. The van der Waals surface area contributed by atoms with Crippen molar-refractivity contribution in [2.24, 2.45) is 5.92 Å². The van der Waals surface area contributed by atoms with E-state index >= 15 is 0 Å². The third-order valence-corrected chi connectivity index (χ3v) is 8.65. The predicted octanol–water partition coefficient (Wildman–Crippen LogP) is 6.58. The number of para-hydroxylation sites is 1. The molecule has 6 rings (SSSR count). The van der Waals surface area contributed by atoms with Crippen LogP contribution in [-0.2, 0) is 11.2 Å². The summed E-state index contributed by atoms with van der Waals surface area (Å²) in [6.07, 6.45) is 20.2. The minimum Gasteiger partial charge on any atom is -0.481 e. The monoisotopic (exact) mass is 436 g/mol. The van der Waals surface area contributed by atoms with Crippen molar-refractivity contribution in [3.05, 3.63) is 36.0 Å². The van der Waals surface area contributed by atoms with Crippen molar-refractivity contribution >= 4 is 16.9 Å². The highest BCUT2D eigenvalue weighted by atomic mass is 16.4. The van der Waals surface area contributed by atoms with Gasteiger partial charge in [0.1, 0.15) is 0 Å². The van der Waals surface area contributed by atoms with Crippen molar-refractivity contribution < 1.29 is 9.90 Å². The van der Waals surface area contributed by atoms with Gasteiger partial charge >= 0.3 is 5.97 Å². The standard InChI is InChI=1S/C28H40N2O2/c31-28(32)17-22-20-30(26-16-9-8-15-25(22)26)27-18-24-14-10-11-21(27)19-29(24)23-12-6-4-2-1-3-5-7-13-23/h8-9,15-16,20-21,23-24,27H,1-7,10-14,17-19H2,(H,31,32)/t21?,24-,27+/m1/s1. The summed E-state index contributed by atoms with van der Waals surface area (Å²) in [5, 5.41) is 10.6. The lowest BCUT2D eigenvalue weighted by Crippen LogP contribution is -2.50. The maximum absolute atomic E-state index is 11.5. The lowest BCUT2D eigenvalue weighted by molar-refractivity contribution is -0.136. The number of fused-ring (bicyclic) bond motifs is 5. The number of piperidine rings is 1. The van der Waals surface area contributed by atoms with Crippen molar-refractivity contribution in [3.63, 3.8) is 0 Å². The Bertz CT molecular complexity index is 909. The number of carboxylic acid groups (broad SMARTS) is 1. The minimum atomic E-state index is -0.738. The lowest BCUT2D eigenvalue weighted by atomic mass is 9.85. The molecule has 2 saturated carbocycles. The molecular formula is C28H40N2O2. The van der Waals surface area contributed by atoms with E-state index in [9.17, 15) is 9.90 Å². The molecule has 1 aromatic heterocycles. The van der Waals surface area contributed by atoms with Crippen molar-refractivity contribution in [1.29, 1.82) is 0 Å². The molecule has 4 aliphatic rings. The molecule has 4 heteroatoms. The first-order valence-electron chi connectivity index (χ1n) is 13.3. The summed E-state index contributed by atoms with van der Waals surface area (Å²) < 4.78 is 2.47. The van der Waals surface area contributed by atoms with Crippen LogP contribution in [0, 0.1) is 5.92 Å². The van der Waals surface area contributed by atoms with Gasteiger partial charge in [0.05, 0.1) is 6.42 Å². The Labute approximate surface area is 193 Å². The molecule has 3 atom stereocenters. The third-order valence-electron chi connectivity index (χ3n) is 8.65. The Balaban J connectivity index is 1.39. The maximum atomic E-state index is 11.5. The van der Waals surface area contributed by atoms with Crippen molar-refractivity contribution in [1.82, 2.24) is 9.47 Å². The molecule has 4 nitrogen and oxygen atoms in total. The summed E-state index contributed by atoms with van der Waals surface area (Å²) >= 11 is 0. The summed E-state index contributed by atoms with van der Waals surface area (Å²) in [6, 6.07) is 10.4. The van der Waals surface area contributed by atoms with Gasteiger partial charge in [0.15, 0.2) is 0 Å². The molecule has 174 valence electrons. The Morgan fingerprint density at radius 2 is 1.56 bits per heavy atom. The largest absolute Gasteiger partial charge is 0.481 e. The number of aromatic nitrogens is 1. The van der Waals surface area contributed by atoms with E-state index in [-0.39, 0.29) is 6.42 Å². The van der Waals surface area contributed by atoms with Crippen LogP contribution in [0.3, 0.4) is 0 Å². The van der Waals surface area contributed by atoms with Gasteiger partial charge < -0.3 is 9.67 Å². The van der Waals surface area contributed by atoms with Gasteiger partial charge in [-0.1, -0.05) is 69.6 Å². The lowest BCUT2D eigenvalue weighted by Gasteiger charge is -2.46. The van der Waals surface area contributed by atoms with Crippen LogP contribution in [0.25, 0.3) is 10.9 Å². The zero-order valence-electron chi connectivity index (χ0n) is 19.6. The zero-order chi connectivity index (χ0) is 21.9. The highest BCUT2D eigenvalue weighted by molar-refractivity contribution is 5.87. The van der Waals surface area contributed by atoms with E-state index in [1.807, 2.05) is 6.07 Å². The number of aliphatic carboxylic acids is 1. The van der Waals surface area contributed by atoms with E-state index in [0.717, 1.165) is 17.0 Å². The van der Waals surface area contributed by atoms with Crippen LogP contribution in [0.5, 0.6) is 0 Å². The molecule has 1 unspecified atom stereocenters. The fourth-order valence-electron chi connectivity index (χ4n) is 7.09. The molecule has 2 aromatic rings. The van der Waals surface area contributed by atoms with E-state index in [2.05, 4.69) is 33.9 Å². The first-order valence-corrected chi connectivity index (χ1v) is 13.3. The first-order chi connectivity index (χ1) is 15.7. The quantitative estimate of drug-likeness (QED) is 0.589. The van der Waals surface area contributed by atoms with Crippen molar-refractivity contribution in [2.75, 3.05) is 6.54 Å².